The molecule has 1 saturated heterocycles. The van der Waals surface area contributed by atoms with Crippen LogP contribution < -0.4 is 5.32 Å². The van der Waals surface area contributed by atoms with Crippen LogP contribution in [0.3, 0.4) is 0 Å². The lowest BCUT2D eigenvalue weighted by Gasteiger charge is -2.41. The third kappa shape index (κ3) is 3.71. The van der Waals surface area contributed by atoms with Crippen LogP contribution >= 0.6 is 0 Å². The van der Waals surface area contributed by atoms with E-state index in [1.54, 1.807) is 0 Å². The quantitative estimate of drug-likeness (QED) is 0.820. The maximum absolute atomic E-state index is 6.25. The van der Waals surface area contributed by atoms with Gasteiger partial charge in [-0.15, -0.1) is 0 Å². The Kier molecular flexibility index (Phi) is 5.50. The number of hydrogen-bond donors (Lipinski definition) is 1. The smallest absolute Gasteiger partial charge is 0.0697 e. The van der Waals surface area contributed by atoms with Crippen molar-refractivity contribution in [1.82, 2.24) is 5.32 Å². The van der Waals surface area contributed by atoms with Gasteiger partial charge in [0.1, 0.15) is 0 Å². The van der Waals surface area contributed by atoms with E-state index in [1.807, 2.05) is 0 Å². The lowest BCUT2D eigenvalue weighted by molar-refractivity contribution is -0.0976. The van der Waals surface area contributed by atoms with Crippen LogP contribution in [0.2, 0.25) is 0 Å². The fourth-order valence-corrected chi connectivity index (χ4v) is 3.99. The summed E-state index contributed by atoms with van der Waals surface area (Å²) in [6.45, 7) is 6.60. The van der Waals surface area contributed by atoms with Crippen LogP contribution in [0.15, 0.2) is 0 Å². The minimum absolute atomic E-state index is 0.230. The zero-order chi connectivity index (χ0) is 12.8. The molecule has 0 aromatic rings. The predicted octanol–water partition coefficient (Wildman–Crippen LogP) is 3.89. The van der Waals surface area contributed by atoms with E-state index in [0.717, 1.165) is 19.1 Å². The molecule has 2 rings (SSSR count). The van der Waals surface area contributed by atoms with E-state index < -0.39 is 0 Å². The normalized spacial score (nSPS) is 37.7. The van der Waals surface area contributed by atoms with Crippen molar-refractivity contribution in [3.63, 3.8) is 0 Å². The molecule has 1 saturated carbocycles. The van der Waals surface area contributed by atoms with Crippen molar-refractivity contribution in [3.8, 4) is 0 Å². The van der Waals surface area contributed by atoms with Crippen molar-refractivity contribution in [3.05, 3.63) is 0 Å². The summed E-state index contributed by atoms with van der Waals surface area (Å²) in [6.07, 6.45) is 12.0. The highest BCUT2D eigenvalue weighted by molar-refractivity contribution is 4.92. The number of ether oxygens (including phenoxy) is 1. The van der Waals surface area contributed by atoms with Crippen LogP contribution in [0, 0.1) is 5.92 Å². The second kappa shape index (κ2) is 6.91. The lowest BCUT2D eigenvalue weighted by Crippen LogP contribution is -2.46. The number of hydrogen-bond acceptors (Lipinski definition) is 2. The topological polar surface area (TPSA) is 21.3 Å². The summed E-state index contributed by atoms with van der Waals surface area (Å²) in [6, 6.07) is 0.700. The Morgan fingerprint density at radius 2 is 2.06 bits per heavy atom. The molecule has 0 aromatic carbocycles. The van der Waals surface area contributed by atoms with Crippen LogP contribution in [-0.2, 0) is 4.74 Å². The minimum Gasteiger partial charge on any atom is -0.375 e. The zero-order valence-electron chi connectivity index (χ0n) is 12.3. The molecule has 2 heteroatoms. The molecular weight excluding hydrogens is 222 g/mol. The van der Waals surface area contributed by atoms with E-state index in [0.29, 0.717) is 6.04 Å². The molecule has 18 heavy (non-hydrogen) atoms. The van der Waals surface area contributed by atoms with Crippen LogP contribution in [0.4, 0.5) is 0 Å². The van der Waals surface area contributed by atoms with Crippen LogP contribution in [-0.4, -0.2) is 24.8 Å². The summed E-state index contributed by atoms with van der Waals surface area (Å²) in [4.78, 5) is 0. The van der Waals surface area contributed by atoms with Gasteiger partial charge in [0.15, 0.2) is 0 Å². The van der Waals surface area contributed by atoms with Crippen molar-refractivity contribution >= 4 is 0 Å². The van der Waals surface area contributed by atoms with Crippen molar-refractivity contribution in [1.29, 1.82) is 0 Å². The fourth-order valence-electron chi connectivity index (χ4n) is 3.99. The van der Waals surface area contributed by atoms with Gasteiger partial charge in [-0.2, -0.15) is 0 Å². The van der Waals surface area contributed by atoms with E-state index in [1.165, 1.54) is 57.8 Å². The average Bonchev–Trinajstić information content (AvgIpc) is 2.54. The molecule has 0 bridgehead atoms. The Balaban J connectivity index is 1.90. The predicted molar refractivity (Wildman–Crippen MR) is 76.9 cm³/mol. The molecule has 0 radical (unpaired) electrons. The summed E-state index contributed by atoms with van der Waals surface area (Å²) in [5.74, 6) is 0.970. The molecule has 2 aliphatic rings. The molecule has 1 spiro atoms. The standard InChI is InChI=1S/C16H31NO/c1-3-6-14-7-5-10-16(11-8-14)13-15(17-4-2)9-12-18-16/h14-15,17H,3-13H2,1-2H3. The third-order valence-electron chi connectivity index (χ3n) is 4.94. The monoisotopic (exact) mass is 253 g/mol. The first-order valence-corrected chi connectivity index (χ1v) is 8.15. The van der Waals surface area contributed by atoms with Crippen molar-refractivity contribution in [2.75, 3.05) is 13.2 Å². The Labute approximate surface area is 113 Å². The summed E-state index contributed by atoms with van der Waals surface area (Å²) < 4.78 is 6.25. The average molecular weight is 253 g/mol. The van der Waals surface area contributed by atoms with E-state index in [2.05, 4.69) is 19.2 Å². The Bertz CT molecular complexity index is 241. The van der Waals surface area contributed by atoms with E-state index >= 15 is 0 Å². The van der Waals surface area contributed by atoms with Crippen LogP contribution in [0.5, 0.6) is 0 Å². The molecule has 0 aromatic heterocycles. The maximum Gasteiger partial charge on any atom is 0.0697 e. The first-order chi connectivity index (χ1) is 8.78. The van der Waals surface area contributed by atoms with E-state index in [4.69, 9.17) is 4.74 Å². The van der Waals surface area contributed by atoms with Gasteiger partial charge in [0.2, 0.25) is 0 Å². The fraction of sp³-hybridized carbons (Fsp3) is 1.00. The van der Waals surface area contributed by atoms with Crippen molar-refractivity contribution in [2.45, 2.75) is 83.3 Å². The highest BCUT2D eigenvalue weighted by Gasteiger charge is 2.38. The first-order valence-electron chi connectivity index (χ1n) is 8.15. The first kappa shape index (κ1) is 14.3. The van der Waals surface area contributed by atoms with E-state index in [-0.39, 0.29) is 5.60 Å². The van der Waals surface area contributed by atoms with Gasteiger partial charge in [-0.3, -0.25) is 0 Å². The van der Waals surface area contributed by atoms with Gasteiger partial charge < -0.3 is 10.1 Å². The van der Waals surface area contributed by atoms with Gasteiger partial charge >= 0.3 is 0 Å². The summed E-state index contributed by atoms with van der Waals surface area (Å²) in [5, 5.41) is 3.63. The van der Waals surface area contributed by atoms with Crippen LogP contribution in [0.1, 0.15) is 71.6 Å². The molecule has 1 heterocycles. The molecule has 2 nitrogen and oxygen atoms in total. The van der Waals surface area contributed by atoms with Gasteiger partial charge in [-0.25, -0.2) is 0 Å². The largest absolute Gasteiger partial charge is 0.375 e. The van der Waals surface area contributed by atoms with Crippen molar-refractivity contribution < 1.29 is 4.74 Å². The Morgan fingerprint density at radius 3 is 2.83 bits per heavy atom. The van der Waals surface area contributed by atoms with Gasteiger partial charge in [-0.05, 0) is 44.6 Å². The van der Waals surface area contributed by atoms with Gasteiger partial charge in [0.25, 0.3) is 0 Å². The summed E-state index contributed by atoms with van der Waals surface area (Å²) in [7, 11) is 0. The molecule has 2 fully saturated rings. The number of nitrogens with one attached hydrogen (secondary N) is 1. The summed E-state index contributed by atoms with van der Waals surface area (Å²) >= 11 is 0. The number of rotatable bonds is 4. The lowest BCUT2D eigenvalue weighted by atomic mass is 9.83. The van der Waals surface area contributed by atoms with E-state index in [9.17, 15) is 0 Å². The van der Waals surface area contributed by atoms with Gasteiger partial charge in [0, 0.05) is 12.6 Å². The molecule has 106 valence electrons. The summed E-state index contributed by atoms with van der Waals surface area (Å²) in [5.41, 5.74) is 0.230. The zero-order valence-corrected chi connectivity index (χ0v) is 12.3. The molecule has 1 N–H and O–H groups in total. The van der Waals surface area contributed by atoms with Gasteiger partial charge in [0.05, 0.1) is 5.60 Å². The Morgan fingerprint density at radius 1 is 1.17 bits per heavy atom. The van der Waals surface area contributed by atoms with Crippen molar-refractivity contribution in [2.24, 2.45) is 5.92 Å². The maximum atomic E-state index is 6.25. The molecule has 3 unspecified atom stereocenters. The highest BCUT2D eigenvalue weighted by atomic mass is 16.5. The molecular formula is C16H31NO. The highest BCUT2D eigenvalue weighted by Crippen LogP contribution is 2.40. The van der Waals surface area contributed by atoms with Crippen LogP contribution in [0.25, 0.3) is 0 Å². The minimum atomic E-state index is 0.230. The second-order valence-corrected chi connectivity index (χ2v) is 6.36. The SMILES string of the molecule is CCCC1CCCC2(CC1)CC(NCC)CCO2. The molecule has 1 aliphatic carbocycles. The van der Waals surface area contributed by atoms with Gasteiger partial charge in [-0.1, -0.05) is 39.5 Å². The third-order valence-corrected chi connectivity index (χ3v) is 4.94. The molecule has 1 aliphatic heterocycles. The second-order valence-electron chi connectivity index (χ2n) is 6.36. The molecule has 0 amide bonds. The Hall–Kier alpha value is -0.0800. The molecule has 3 atom stereocenters.